The van der Waals surface area contributed by atoms with Crippen molar-refractivity contribution in [2.24, 2.45) is 0 Å². The van der Waals surface area contributed by atoms with Crippen molar-refractivity contribution < 1.29 is 9.34 Å². The van der Waals surface area contributed by atoms with Crippen LogP contribution in [0.2, 0.25) is 0 Å². The number of benzene rings is 2. The Morgan fingerprint density at radius 3 is 2.61 bits per heavy atom. The standard InChI is InChI=1S/C24H18N4O4S/c1-13-6-14(2)22(15(3)7-13)26-11-17(10-25)23-27-20(12-33-23)19-9-16-8-18(28(30)31)4-5-21(16)32-24(19)29/h4-9,11-12,26H,1-3H3/b17-11+. The Morgan fingerprint density at radius 1 is 1.21 bits per heavy atom. The molecule has 0 amide bonds. The molecule has 0 unspecified atom stereocenters. The number of nitrogens with zero attached hydrogens (tertiary/aromatic N) is 3. The molecule has 33 heavy (non-hydrogen) atoms. The second-order valence-corrected chi connectivity index (χ2v) is 8.41. The molecule has 2 heterocycles. The van der Waals surface area contributed by atoms with Crippen LogP contribution in [0.4, 0.5) is 11.4 Å². The molecule has 0 fully saturated rings. The summed E-state index contributed by atoms with van der Waals surface area (Å²) in [6.45, 7) is 6.01. The first-order chi connectivity index (χ1) is 15.8. The van der Waals surface area contributed by atoms with Gasteiger partial charge in [-0.2, -0.15) is 5.26 Å². The number of thiazole rings is 1. The predicted molar refractivity (Wildman–Crippen MR) is 128 cm³/mol. The van der Waals surface area contributed by atoms with Gasteiger partial charge in [0.15, 0.2) is 0 Å². The molecule has 0 atom stereocenters. The van der Waals surface area contributed by atoms with Crippen LogP contribution in [-0.4, -0.2) is 9.91 Å². The Bertz CT molecular complexity index is 1520. The van der Waals surface area contributed by atoms with Crippen molar-refractivity contribution in [2.45, 2.75) is 20.8 Å². The van der Waals surface area contributed by atoms with E-state index in [4.69, 9.17) is 4.42 Å². The van der Waals surface area contributed by atoms with E-state index in [9.17, 15) is 20.2 Å². The van der Waals surface area contributed by atoms with Crippen LogP contribution in [-0.2, 0) is 0 Å². The maximum atomic E-state index is 12.5. The van der Waals surface area contributed by atoms with Crippen LogP contribution < -0.4 is 10.9 Å². The quantitative estimate of drug-likeness (QED) is 0.175. The van der Waals surface area contributed by atoms with Crippen LogP contribution in [0.5, 0.6) is 0 Å². The third kappa shape index (κ3) is 4.37. The van der Waals surface area contributed by atoms with Gasteiger partial charge in [0.05, 0.1) is 16.2 Å². The molecule has 0 aliphatic rings. The van der Waals surface area contributed by atoms with Gasteiger partial charge >= 0.3 is 5.63 Å². The highest BCUT2D eigenvalue weighted by atomic mass is 32.1. The zero-order valence-electron chi connectivity index (χ0n) is 18.0. The van der Waals surface area contributed by atoms with Crippen LogP contribution in [0.3, 0.4) is 0 Å². The van der Waals surface area contributed by atoms with E-state index < -0.39 is 10.5 Å². The zero-order chi connectivity index (χ0) is 23.7. The maximum absolute atomic E-state index is 12.5. The van der Waals surface area contributed by atoms with Gasteiger partial charge in [-0.3, -0.25) is 10.1 Å². The van der Waals surface area contributed by atoms with Gasteiger partial charge in [-0.05, 0) is 44.0 Å². The van der Waals surface area contributed by atoms with Gasteiger partial charge in [0.2, 0.25) is 0 Å². The molecule has 4 rings (SSSR count). The second kappa shape index (κ2) is 8.68. The fourth-order valence-electron chi connectivity index (χ4n) is 3.62. The lowest BCUT2D eigenvalue weighted by atomic mass is 10.1. The van der Waals surface area contributed by atoms with Crippen molar-refractivity contribution in [3.8, 4) is 17.3 Å². The Hall–Kier alpha value is -4.29. The van der Waals surface area contributed by atoms with Crippen molar-refractivity contribution in [3.63, 3.8) is 0 Å². The Kier molecular flexibility index (Phi) is 5.77. The lowest BCUT2D eigenvalue weighted by Gasteiger charge is -2.11. The maximum Gasteiger partial charge on any atom is 0.345 e. The lowest BCUT2D eigenvalue weighted by molar-refractivity contribution is -0.384. The number of aromatic nitrogens is 1. The highest BCUT2D eigenvalue weighted by Crippen LogP contribution is 2.28. The minimum absolute atomic E-state index is 0.108. The summed E-state index contributed by atoms with van der Waals surface area (Å²) in [6, 6.07) is 11.8. The molecule has 0 saturated carbocycles. The first-order valence-corrected chi connectivity index (χ1v) is 10.8. The molecule has 2 aromatic carbocycles. The third-order valence-corrected chi connectivity index (χ3v) is 5.97. The number of aryl methyl sites for hydroxylation is 3. The van der Waals surface area contributed by atoms with Crippen LogP contribution in [0.25, 0.3) is 27.8 Å². The minimum Gasteiger partial charge on any atom is -0.422 e. The fraction of sp³-hybridized carbons (Fsp3) is 0.125. The summed E-state index contributed by atoms with van der Waals surface area (Å²) in [5.74, 6) is 0. The molecule has 0 saturated heterocycles. The second-order valence-electron chi connectivity index (χ2n) is 7.55. The number of anilines is 1. The highest BCUT2D eigenvalue weighted by Gasteiger charge is 2.16. The third-order valence-electron chi connectivity index (χ3n) is 5.10. The van der Waals surface area contributed by atoms with E-state index in [0.717, 1.165) is 22.4 Å². The lowest BCUT2D eigenvalue weighted by Crippen LogP contribution is -2.03. The van der Waals surface area contributed by atoms with E-state index in [0.29, 0.717) is 21.7 Å². The van der Waals surface area contributed by atoms with Gasteiger partial charge in [0.1, 0.15) is 22.2 Å². The summed E-state index contributed by atoms with van der Waals surface area (Å²) < 4.78 is 5.31. The summed E-state index contributed by atoms with van der Waals surface area (Å²) in [6.07, 6.45) is 1.60. The van der Waals surface area contributed by atoms with Crippen molar-refractivity contribution in [3.05, 3.63) is 90.2 Å². The SMILES string of the molecule is Cc1cc(C)c(N/C=C(\C#N)c2nc(-c3cc4cc([N+](=O)[O-])ccc4oc3=O)cs2)c(C)c1. The predicted octanol–water partition coefficient (Wildman–Crippen LogP) is 5.73. The summed E-state index contributed by atoms with van der Waals surface area (Å²) in [7, 11) is 0. The van der Waals surface area contributed by atoms with E-state index in [2.05, 4.69) is 28.5 Å². The van der Waals surface area contributed by atoms with Crippen LogP contribution in [0.15, 0.2) is 57.2 Å². The number of rotatable bonds is 5. The molecule has 0 bridgehead atoms. The number of nitrogens with one attached hydrogen (secondary N) is 1. The normalized spacial score (nSPS) is 11.4. The number of allylic oxidation sites excluding steroid dienone is 1. The summed E-state index contributed by atoms with van der Waals surface area (Å²) in [5.41, 5.74) is 4.53. The number of nitriles is 1. The van der Waals surface area contributed by atoms with Gasteiger partial charge in [0.25, 0.3) is 5.69 Å². The van der Waals surface area contributed by atoms with E-state index in [-0.39, 0.29) is 16.8 Å². The Morgan fingerprint density at radius 2 is 1.94 bits per heavy atom. The van der Waals surface area contributed by atoms with E-state index in [1.54, 1.807) is 11.6 Å². The largest absolute Gasteiger partial charge is 0.422 e. The first kappa shape index (κ1) is 21.9. The van der Waals surface area contributed by atoms with Crippen LogP contribution in [0, 0.1) is 42.2 Å². The molecular weight excluding hydrogens is 440 g/mol. The smallest absolute Gasteiger partial charge is 0.345 e. The molecule has 164 valence electrons. The molecule has 2 aromatic heterocycles. The van der Waals surface area contributed by atoms with E-state index >= 15 is 0 Å². The summed E-state index contributed by atoms with van der Waals surface area (Å²) in [4.78, 5) is 27.5. The molecule has 0 radical (unpaired) electrons. The van der Waals surface area contributed by atoms with Gasteiger partial charge in [-0.1, -0.05) is 17.7 Å². The number of non-ortho nitro benzene ring substituents is 1. The highest BCUT2D eigenvalue weighted by molar-refractivity contribution is 7.11. The zero-order valence-corrected chi connectivity index (χ0v) is 18.8. The van der Waals surface area contributed by atoms with E-state index in [1.165, 1.54) is 35.6 Å². The average molecular weight is 458 g/mol. The average Bonchev–Trinajstić information content (AvgIpc) is 3.24. The molecule has 0 aliphatic heterocycles. The first-order valence-electron chi connectivity index (χ1n) is 9.90. The van der Waals surface area contributed by atoms with E-state index in [1.807, 2.05) is 20.8 Å². The molecule has 0 spiro atoms. The molecule has 8 nitrogen and oxygen atoms in total. The monoisotopic (exact) mass is 458 g/mol. The summed E-state index contributed by atoms with van der Waals surface area (Å²) >= 11 is 1.21. The number of fused-ring (bicyclic) bond motifs is 1. The topological polar surface area (TPSA) is 122 Å². The van der Waals surface area contributed by atoms with Crippen LogP contribution >= 0.6 is 11.3 Å². The van der Waals surface area contributed by atoms with Crippen LogP contribution in [0.1, 0.15) is 21.7 Å². The Balaban J connectivity index is 1.69. The van der Waals surface area contributed by atoms with Crippen molar-refractivity contribution >= 4 is 39.3 Å². The molecule has 1 N–H and O–H groups in total. The number of hydrogen-bond acceptors (Lipinski definition) is 8. The number of nitro groups is 1. The molecule has 4 aromatic rings. The van der Waals surface area contributed by atoms with Crippen molar-refractivity contribution in [1.29, 1.82) is 5.26 Å². The molecule has 0 aliphatic carbocycles. The molecule has 9 heteroatoms. The van der Waals surface area contributed by atoms with Gasteiger partial charge in [-0.15, -0.1) is 11.3 Å². The molecular formula is C24H18N4O4S. The minimum atomic E-state index is -0.611. The fourth-order valence-corrected chi connectivity index (χ4v) is 4.40. The van der Waals surface area contributed by atoms with Crippen molar-refractivity contribution in [1.82, 2.24) is 4.98 Å². The van der Waals surface area contributed by atoms with Gasteiger partial charge in [0, 0.05) is 34.8 Å². The van der Waals surface area contributed by atoms with Crippen molar-refractivity contribution in [2.75, 3.05) is 5.32 Å². The number of hydrogen-bond donors (Lipinski definition) is 1. The Labute approximate surface area is 192 Å². The van der Waals surface area contributed by atoms with Gasteiger partial charge in [-0.25, -0.2) is 9.78 Å². The van der Waals surface area contributed by atoms with Gasteiger partial charge < -0.3 is 9.73 Å². The number of nitro benzene ring substituents is 1. The summed E-state index contributed by atoms with van der Waals surface area (Å²) in [5, 5.41) is 26.4.